The van der Waals surface area contributed by atoms with E-state index in [-0.39, 0.29) is 3.42 Å². The minimum atomic E-state index is 0.216. The van der Waals surface area contributed by atoms with Crippen molar-refractivity contribution in [1.29, 1.82) is 0 Å². The summed E-state index contributed by atoms with van der Waals surface area (Å²) in [6, 6.07) is 10.5. The maximum atomic E-state index is 4.43. The van der Waals surface area contributed by atoms with E-state index in [0.717, 1.165) is 23.4 Å². The summed E-state index contributed by atoms with van der Waals surface area (Å²) >= 11 is 2.48. The van der Waals surface area contributed by atoms with E-state index in [9.17, 15) is 0 Å². The van der Waals surface area contributed by atoms with E-state index in [1.807, 2.05) is 0 Å². The monoisotopic (exact) mass is 388 g/mol. The third-order valence-electron chi connectivity index (χ3n) is 3.61. The Hall–Kier alpha value is -1.49. The number of aromatic nitrogens is 2. The molecule has 0 saturated heterocycles. The van der Waals surface area contributed by atoms with Crippen LogP contribution in [0.5, 0.6) is 0 Å². The van der Waals surface area contributed by atoms with Crippen molar-refractivity contribution in [3.8, 4) is 11.3 Å². The van der Waals surface area contributed by atoms with Crippen LogP contribution in [0.25, 0.3) is 16.8 Å². The number of aryl methyl sites for hydroxylation is 1. The van der Waals surface area contributed by atoms with E-state index in [4.69, 9.17) is 0 Å². The highest BCUT2D eigenvalue weighted by molar-refractivity contribution is 14.1. The fourth-order valence-electron chi connectivity index (χ4n) is 2.38. The fourth-order valence-corrected chi connectivity index (χ4v) is 2.78. The van der Waals surface area contributed by atoms with Gasteiger partial charge in [0.25, 0.3) is 0 Å². The zero-order chi connectivity index (χ0) is 14.9. The molecule has 2 aromatic rings. The second-order valence-corrected chi connectivity index (χ2v) is 8.10. The smallest absolute Gasteiger partial charge is 0.116 e. The van der Waals surface area contributed by atoms with Crippen molar-refractivity contribution < 1.29 is 0 Å². The van der Waals surface area contributed by atoms with Crippen molar-refractivity contribution in [1.82, 2.24) is 9.97 Å². The van der Waals surface area contributed by atoms with Gasteiger partial charge in [-0.2, -0.15) is 0 Å². The van der Waals surface area contributed by atoms with Gasteiger partial charge in [0.15, 0.2) is 0 Å². The molecule has 0 bridgehead atoms. The maximum Gasteiger partial charge on any atom is 0.116 e. The Labute approximate surface area is 139 Å². The Morgan fingerprint density at radius 2 is 1.95 bits per heavy atom. The molecule has 1 atom stereocenters. The topological polar surface area (TPSA) is 25.8 Å². The number of rotatable bonds is 2. The van der Waals surface area contributed by atoms with Crippen molar-refractivity contribution in [3.05, 3.63) is 66.1 Å². The molecule has 0 spiro atoms. The van der Waals surface area contributed by atoms with E-state index < -0.39 is 0 Å². The number of hydrogen-bond acceptors (Lipinski definition) is 2. The lowest BCUT2D eigenvalue weighted by atomic mass is 9.96. The molecule has 1 aliphatic rings. The molecule has 1 aromatic carbocycles. The summed E-state index contributed by atoms with van der Waals surface area (Å²) in [5.74, 6) is 0. The van der Waals surface area contributed by atoms with E-state index in [1.165, 1.54) is 11.1 Å². The number of halogens is 1. The molecule has 2 nitrogen and oxygen atoms in total. The van der Waals surface area contributed by atoms with E-state index >= 15 is 0 Å². The summed E-state index contributed by atoms with van der Waals surface area (Å²) in [7, 11) is 0. The van der Waals surface area contributed by atoms with Gasteiger partial charge >= 0.3 is 0 Å². The Morgan fingerprint density at radius 1 is 1.14 bits per heavy atom. The average Bonchev–Trinajstić information content (AvgIpc) is 2.47. The van der Waals surface area contributed by atoms with Crippen LogP contribution in [0, 0.1) is 6.92 Å². The van der Waals surface area contributed by atoms with Gasteiger partial charge in [0.1, 0.15) is 6.33 Å². The summed E-state index contributed by atoms with van der Waals surface area (Å²) in [6.07, 6.45) is 9.35. The predicted molar refractivity (Wildman–Crippen MR) is 96.4 cm³/mol. The van der Waals surface area contributed by atoms with Crippen molar-refractivity contribution in [2.24, 2.45) is 0 Å². The maximum absolute atomic E-state index is 4.43. The van der Waals surface area contributed by atoms with Gasteiger partial charge in [-0.3, -0.25) is 0 Å². The van der Waals surface area contributed by atoms with Gasteiger partial charge in [-0.05, 0) is 38.0 Å². The van der Waals surface area contributed by atoms with Crippen LogP contribution in [0.15, 0.2) is 54.9 Å². The average molecular weight is 388 g/mol. The molecular weight excluding hydrogens is 371 g/mol. The predicted octanol–water partition coefficient (Wildman–Crippen LogP) is 4.99. The minimum Gasteiger partial charge on any atom is -0.236 e. The Morgan fingerprint density at radius 3 is 2.67 bits per heavy atom. The van der Waals surface area contributed by atoms with Gasteiger partial charge in [-0.15, -0.1) is 0 Å². The first-order valence-electron chi connectivity index (χ1n) is 7.01. The van der Waals surface area contributed by atoms with Crippen LogP contribution in [0.4, 0.5) is 0 Å². The van der Waals surface area contributed by atoms with Crippen molar-refractivity contribution in [3.63, 3.8) is 0 Å². The van der Waals surface area contributed by atoms with Crippen LogP contribution in [0.3, 0.4) is 0 Å². The molecule has 0 amide bonds. The first kappa shape index (κ1) is 14.4. The molecule has 0 radical (unpaired) electrons. The summed E-state index contributed by atoms with van der Waals surface area (Å²) in [5, 5.41) is 0. The van der Waals surface area contributed by atoms with Gasteiger partial charge in [0.05, 0.1) is 11.4 Å². The third-order valence-corrected chi connectivity index (χ3v) is 4.41. The van der Waals surface area contributed by atoms with Crippen molar-refractivity contribution in [2.45, 2.75) is 23.7 Å². The van der Waals surface area contributed by atoms with Gasteiger partial charge in [0.2, 0.25) is 0 Å². The lowest BCUT2D eigenvalue weighted by molar-refractivity contribution is 0.838. The SMILES string of the molecule is Cc1cccc(-c2cc(C3=CC[C@@](C)(I)C=C3)ncn2)c1. The molecule has 1 heterocycles. The van der Waals surface area contributed by atoms with Crippen LogP contribution in [0.1, 0.15) is 24.6 Å². The highest BCUT2D eigenvalue weighted by atomic mass is 127. The highest BCUT2D eigenvalue weighted by Crippen LogP contribution is 2.32. The molecular formula is C18H17IN2. The molecule has 1 aliphatic carbocycles. The first-order valence-corrected chi connectivity index (χ1v) is 8.09. The lowest BCUT2D eigenvalue weighted by Gasteiger charge is -2.20. The summed E-state index contributed by atoms with van der Waals surface area (Å²) in [5.41, 5.74) is 5.52. The Kier molecular flexibility index (Phi) is 3.93. The van der Waals surface area contributed by atoms with Crippen LogP contribution >= 0.6 is 22.6 Å². The molecule has 0 unspecified atom stereocenters. The third kappa shape index (κ3) is 3.40. The number of alkyl halides is 1. The van der Waals surface area contributed by atoms with Gasteiger partial charge in [0, 0.05) is 8.99 Å². The second kappa shape index (κ2) is 5.72. The van der Waals surface area contributed by atoms with E-state index in [0.29, 0.717) is 0 Å². The standard InChI is InChI=1S/C18H17IN2/c1-13-4-3-5-15(10-13)17-11-16(20-12-21-17)14-6-8-18(2,19)9-7-14/h3-8,10-12H,9H2,1-2H3/t18-/m0/s1. The summed E-state index contributed by atoms with van der Waals surface area (Å²) < 4.78 is 0.216. The highest BCUT2D eigenvalue weighted by Gasteiger charge is 2.19. The van der Waals surface area contributed by atoms with E-state index in [1.54, 1.807) is 6.33 Å². The van der Waals surface area contributed by atoms with Crippen LogP contribution < -0.4 is 0 Å². The first-order chi connectivity index (χ1) is 10.0. The minimum absolute atomic E-state index is 0.216. The quantitative estimate of drug-likeness (QED) is 0.535. The van der Waals surface area contributed by atoms with Crippen LogP contribution in [-0.4, -0.2) is 13.4 Å². The van der Waals surface area contributed by atoms with Crippen molar-refractivity contribution in [2.75, 3.05) is 0 Å². The molecule has 0 fully saturated rings. The largest absolute Gasteiger partial charge is 0.236 e. The lowest BCUT2D eigenvalue weighted by Crippen LogP contribution is -2.12. The van der Waals surface area contributed by atoms with Gasteiger partial charge in [-0.25, -0.2) is 9.97 Å². The van der Waals surface area contributed by atoms with Gasteiger partial charge in [-0.1, -0.05) is 64.6 Å². The van der Waals surface area contributed by atoms with Crippen LogP contribution in [-0.2, 0) is 0 Å². The zero-order valence-corrected chi connectivity index (χ0v) is 14.3. The van der Waals surface area contributed by atoms with Gasteiger partial charge < -0.3 is 0 Å². The van der Waals surface area contributed by atoms with Crippen molar-refractivity contribution >= 4 is 28.2 Å². The molecule has 0 aliphatic heterocycles. The zero-order valence-electron chi connectivity index (χ0n) is 12.2. The number of benzene rings is 1. The molecule has 3 heteroatoms. The van der Waals surface area contributed by atoms with E-state index in [2.05, 4.69) is 95.0 Å². The normalized spacial score (nSPS) is 21.2. The molecule has 1 aromatic heterocycles. The second-order valence-electron chi connectivity index (χ2n) is 5.63. The molecule has 21 heavy (non-hydrogen) atoms. The molecule has 3 rings (SSSR count). The number of nitrogens with zero attached hydrogens (tertiary/aromatic N) is 2. The molecule has 106 valence electrons. The molecule has 0 N–H and O–H groups in total. The Balaban J connectivity index is 1.95. The summed E-state index contributed by atoms with van der Waals surface area (Å²) in [6.45, 7) is 4.33. The Bertz CT molecular complexity index is 730. The van der Waals surface area contributed by atoms with Crippen LogP contribution in [0.2, 0.25) is 0 Å². The summed E-state index contributed by atoms with van der Waals surface area (Å²) in [4.78, 5) is 8.84. The number of hydrogen-bond donors (Lipinski definition) is 0. The molecule has 0 saturated carbocycles. The fraction of sp³-hybridized carbons (Fsp3) is 0.222. The number of allylic oxidation sites excluding steroid dienone is 4.